The van der Waals surface area contributed by atoms with Gasteiger partial charge in [-0.3, -0.25) is 4.90 Å². The Bertz CT molecular complexity index is 434. The molecule has 8 heteroatoms. The molecular formula is C12H24N4O3S. The monoisotopic (exact) mass is 304 g/mol. The van der Waals surface area contributed by atoms with Crippen molar-refractivity contribution in [3.8, 4) is 6.07 Å². The number of nitriles is 1. The Morgan fingerprint density at radius 1 is 1.35 bits per heavy atom. The maximum atomic E-state index is 12.4. The van der Waals surface area contributed by atoms with Crippen molar-refractivity contribution in [3.05, 3.63) is 0 Å². The fraction of sp³-hybridized carbons (Fsp3) is 0.917. The van der Waals surface area contributed by atoms with Crippen molar-refractivity contribution in [1.82, 2.24) is 13.5 Å². The van der Waals surface area contributed by atoms with E-state index in [-0.39, 0.29) is 19.1 Å². The third-order valence-electron chi connectivity index (χ3n) is 3.44. The molecule has 1 aliphatic rings. The number of rotatable bonds is 6. The Kier molecular flexibility index (Phi) is 6.85. The molecule has 1 rings (SSSR count). The molecule has 0 aromatic rings. The third kappa shape index (κ3) is 4.68. The largest absolute Gasteiger partial charge is 0.395 e. The fourth-order valence-corrected chi connectivity index (χ4v) is 3.74. The molecule has 1 atom stereocenters. The van der Waals surface area contributed by atoms with Crippen molar-refractivity contribution >= 4 is 10.2 Å². The first-order valence-electron chi connectivity index (χ1n) is 6.86. The normalized spacial score (nSPS) is 20.6. The summed E-state index contributed by atoms with van der Waals surface area (Å²) >= 11 is 0. The van der Waals surface area contributed by atoms with Gasteiger partial charge in [-0.05, 0) is 19.9 Å². The van der Waals surface area contributed by atoms with E-state index in [9.17, 15) is 8.42 Å². The minimum atomic E-state index is -3.50. The van der Waals surface area contributed by atoms with Gasteiger partial charge in [0.15, 0.2) is 0 Å². The second-order valence-electron chi connectivity index (χ2n) is 5.14. The molecule has 0 aromatic heterocycles. The standard InChI is InChI=1S/C12H24N4O3S/c1-12(10-13)11-14(2)20(18,19)16-5-3-4-15(6-7-16)8-9-17/h12,17H,3-9,11H2,1-2H3. The maximum Gasteiger partial charge on any atom is 0.281 e. The highest BCUT2D eigenvalue weighted by Crippen LogP contribution is 2.12. The lowest BCUT2D eigenvalue weighted by Gasteiger charge is -2.27. The lowest BCUT2D eigenvalue weighted by Crippen LogP contribution is -2.45. The van der Waals surface area contributed by atoms with Gasteiger partial charge in [0.2, 0.25) is 0 Å². The number of nitrogens with zero attached hydrogens (tertiary/aromatic N) is 4. The lowest BCUT2D eigenvalue weighted by atomic mass is 10.2. The Morgan fingerprint density at radius 2 is 2.05 bits per heavy atom. The molecule has 1 heterocycles. The van der Waals surface area contributed by atoms with E-state index >= 15 is 0 Å². The van der Waals surface area contributed by atoms with Crippen LogP contribution in [0.3, 0.4) is 0 Å². The summed E-state index contributed by atoms with van der Waals surface area (Å²) in [7, 11) is -1.99. The molecule has 0 aliphatic carbocycles. The Morgan fingerprint density at radius 3 is 2.65 bits per heavy atom. The van der Waals surface area contributed by atoms with E-state index in [4.69, 9.17) is 10.4 Å². The predicted octanol–water partition coefficient (Wildman–Crippen LogP) is -0.677. The zero-order valence-corrected chi connectivity index (χ0v) is 13.0. The first kappa shape index (κ1) is 17.3. The van der Waals surface area contributed by atoms with E-state index in [0.717, 1.165) is 13.0 Å². The van der Waals surface area contributed by atoms with Crippen molar-refractivity contribution in [2.45, 2.75) is 13.3 Å². The van der Waals surface area contributed by atoms with E-state index in [2.05, 4.69) is 4.90 Å². The van der Waals surface area contributed by atoms with Crippen molar-refractivity contribution in [3.63, 3.8) is 0 Å². The molecule has 0 radical (unpaired) electrons. The van der Waals surface area contributed by atoms with Crippen LogP contribution in [0.1, 0.15) is 13.3 Å². The van der Waals surface area contributed by atoms with Crippen LogP contribution in [-0.2, 0) is 10.2 Å². The van der Waals surface area contributed by atoms with E-state index in [0.29, 0.717) is 26.2 Å². The molecule has 7 nitrogen and oxygen atoms in total. The topological polar surface area (TPSA) is 87.9 Å². The van der Waals surface area contributed by atoms with Gasteiger partial charge < -0.3 is 5.11 Å². The van der Waals surface area contributed by atoms with Crippen molar-refractivity contribution in [2.75, 3.05) is 52.9 Å². The molecule has 1 fully saturated rings. The van der Waals surface area contributed by atoms with Gasteiger partial charge in [0.25, 0.3) is 10.2 Å². The van der Waals surface area contributed by atoms with Crippen LogP contribution in [0.4, 0.5) is 0 Å². The maximum absolute atomic E-state index is 12.4. The van der Waals surface area contributed by atoms with Crippen LogP contribution in [0.15, 0.2) is 0 Å². The number of β-amino-alcohol motifs (C(OH)–C–C–N with tert-alkyl or cyclic N) is 1. The van der Waals surface area contributed by atoms with E-state index < -0.39 is 10.2 Å². The molecule has 1 aliphatic heterocycles. The van der Waals surface area contributed by atoms with Crippen molar-refractivity contribution in [2.24, 2.45) is 5.92 Å². The molecule has 0 bridgehead atoms. The van der Waals surface area contributed by atoms with Crippen molar-refractivity contribution < 1.29 is 13.5 Å². The second-order valence-corrected chi connectivity index (χ2v) is 7.17. The highest BCUT2D eigenvalue weighted by Gasteiger charge is 2.29. The van der Waals surface area contributed by atoms with Crippen LogP contribution in [-0.4, -0.2) is 80.0 Å². The zero-order valence-electron chi connectivity index (χ0n) is 12.2. The minimum absolute atomic E-state index is 0.0896. The SMILES string of the molecule is CC(C#N)CN(C)S(=O)(=O)N1CCCN(CCO)CC1. The Balaban J connectivity index is 2.66. The number of hydrogen-bond acceptors (Lipinski definition) is 5. The van der Waals surface area contributed by atoms with Gasteiger partial charge in [-0.25, -0.2) is 0 Å². The summed E-state index contributed by atoms with van der Waals surface area (Å²) in [4.78, 5) is 2.06. The van der Waals surface area contributed by atoms with Gasteiger partial charge in [0, 0.05) is 39.8 Å². The van der Waals surface area contributed by atoms with Crippen LogP contribution >= 0.6 is 0 Å². The predicted molar refractivity (Wildman–Crippen MR) is 76.0 cm³/mol. The van der Waals surface area contributed by atoms with Gasteiger partial charge >= 0.3 is 0 Å². The highest BCUT2D eigenvalue weighted by atomic mass is 32.2. The average molecular weight is 304 g/mol. The van der Waals surface area contributed by atoms with E-state index in [1.54, 1.807) is 6.92 Å². The van der Waals surface area contributed by atoms with Gasteiger partial charge in [0.1, 0.15) is 0 Å². The first-order chi connectivity index (χ1) is 9.41. The number of aliphatic hydroxyl groups is 1. The third-order valence-corrected chi connectivity index (χ3v) is 5.39. The van der Waals surface area contributed by atoms with Gasteiger partial charge in [-0.15, -0.1) is 0 Å². The van der Waals surface area contributed by atoms with E-state index in [1.807, 2.05) is 6.07 Å². The summed E-state index contributed by atoms with van der Waals surface area (Å²) < 4.78 is 27.6. The lowest BCUT2D eigenvalue weighted by molar-refractivity contribution is 0.201. The van der Waals surface area contributed by atoms with Gasteiger partial charge in [0.05, 0.1) is 18.6 Å². The molecule has 1 unspecified atom stereocenters. The average Bonchev–Trinajstić information content (AvgIpc) is 2.65. The molecular weight excluding hydrogens is 280 g/mol. The second kappa shape index (κ2) is 7.90. The summed E-state index contributed by atoms with van der Waals surface area (Å²) in [6.45, 7) is 4.91. The molecule has 0 saturated carbocycles. The van der Waals surface area contributed by atoms with Crippen LogP contribution in [0.25, 0.3) is 0 Å². The zero-order chi connectivity index (χ0) is 15.2. The highest BCUT2D eigenvalue weighted by molar-refractivity contribution is 7.86. The van der Waals surface area contributed by atoms with Crippen molar-refractivity contribution in [1.29, 1.82) is 5.26 Å². The number of aliphatic hydroxyl groups excluding tert-OH is 1. The first-order valence-corrected chi connectivity index (χ1v) is 8.25. The van der Waals surface area contributed by atoms with Crippen LogP contribution in [0.5, 0.6) is 0 Å². The fourth-order valence-electron chi connectivity index (χ4n) is 2.26. The molecule has 116 valence electrons. The van der Waals surface area contributed by atoms with Gasteiger partial charge in [-0.2, -0.15) is 22.3 Å². The minimum Gasteiger partial charge on any atom is -0.395 e. The Hall–Kier alpha value is -0.720. The Labute approximate surface area is 121 Å². The molecule has 1 N–H and O–H groups in total. The molecule has 20 heavy (non-hydrogen) atoms. The molecule has 0 amide bonds. The smallest absolute Gasteiger partial charge is 0.281 e. The van der Waals surface area contributed by atoms with Crippen LogP contribution < -0.4 is 0 Å². The quantitative estimate of drug-likeness (QED) is 0.702. The summed E-state index contributed by atoms with van der Waals surface area (Å²) in [6.07, 6.45) is 0.751. The molecule has 1 saturated heterocycles. The van der Waals surface area contributed by atoms with E-state index in [1.165, 1.54) is 15.7 Å². The number of hydrogen-bond donors (Lipinski definition) is 1. The summed E-state index contributed by atoms with van der Waals surface area (Å²) in [5.74, 6) is -0.326. The molecule has 0 spiro atoms. The summed E-state index contributed by atoms with van der Waals surface area (Å²) in [6, 6.07) is 2.05. The summed E-state index contributed by atoms with van der Waals surface area (Å²) in [5.41, 5.74) is 0. The van der Waals surface area contributed by atoms with Crippen LogP contribution in [0, 0.1) is 17.2 Å². The van der Waals surface area contributed by atoms with Gasteiger partial charge in [-0.1, -0.05) is 0 Å². The van der Waals surface area contributed by atoms with Crippen LogP contribution in [0.2, 0.25) is 0 Å². The molecule has 0 aromatic carbocycles. The summed E-state index contributed by atoms with van der Waals surface area (Å²) in [5, 5.41) is 17.7.